The fraction of sp³-hybridized carbons (Fsp3) is 0.467. The fourth-order valence-corrected chi connectivity index (χ4v) is 2.37. The molecule has 21 heavy (non-hydrogen) atoms. The van der Waals surface area contributed by atoms with Crippen LogP contribution in [0.15, 0.2) is 18.2 Å². The second-order valence-electron chi connectivity index (χ2n) is 5.79. The van der Waals surface area contributed by atoms with Crippen LogP contribution in [0.5, 0.6) is 5.75 Å². The molecule has 0 aliphatic heterocycles. The predicted molar refractivity (Wildman–Crippen MR) is 76.5 cm³/mol. The Balaban J connectivity index is 1.75. The van der Waals surface area contributed by atoms with E-state index in [4.69, 9.17) is 5.11 Å². The molecule has 2 aliphatic carbocycles. The van der Waals surface area contributed by atoms with E-state index in [9.17, 15) is 14.7 Å². The molecule has 0 bridgehead atoms. The number of hydrogen-bond donors (Lipinski definition) is 3. The van der Waals surface area contributed by atoms with Crippen molar-refractivity contribution in [3.63, 3.8) is 0 Å². The van der Waals surface area contributed by atoms with Gasteiger partial charge in [0.25, 0.3) is 0 Å². The molecule has 0 unspecified atom stereocenters. The third-order valence-electron chi connectivity index (χ3n) is 3.88. The lowest BCUT2D eigenvalue weighted by atomic mass is 10.1. The van der Waals surface area contributed by atoms with Crippen molar-refractivity contribution in [1.29, 1.82) is 0 Å². The molecule has 112 valence electrons. The smallest absolute Gasteiger partial charge is 0.337 e. The van der Waals surface area contributed by atoms with E-state index in [-0.39, 0.29) is 29.1 Å². The van der Waals surface area contributed by atoms with Crippen LogP contribution in [0.25, 0.3) is 0 Å². The van der Waals surface area contributed by atoms with Crippen molar-refractivity contribution in [2.45, 2.75) is 31.7 Å². The maximum absolute atomic E-state index is 12.4. The standard InChI is InChI=1S/C15H18N2O4/c18-11-5-6-13(12(7-11)14(19)20)16-15(21)17(10-3-4-10)8-9-1-2-9/h5-7,9-10,18H,1-4,8H2,(H,16,21)(H,19,20). The normalized spacial score (nSPS) is 17.3. The number of aromatic hydroxyl groups is 1. The SMILES string of the molecule is O=C(O)c1cc(O)ccc1NC(=O)N(CC1CC1)C1CC1. The van der Waals surface area contributed by atoms with Crippen LogP contribution in [0.4, 0.5) is 10.5 Å². The van der Waals surface area contributed by atoms with Gasteiger partial charge in [0.15, 0.2) is 0 Å². The lowest BCUT2D eigenvalue weighted by Crippen LogP contribution is -2.38. The number of carbonyl (C=O) groups excluding carboxylic acids is 1. The molecule has 2 fully saturated rings. The predicted octanol–water partition coefficient (Wildman–Crippen LogP) is 2.50. The highest BCUT2D eigenvalue weighted by atomic mass is 16.4. The van der Waals surface area contributed by atoms with Gasteiger partial charge in [-0.25, -0.2) is 9.59 Å². The van der Waals surface area contributed by atoms with Crippen molar-refractivity contribution in [2.24, 2.45) is 5.92 Å². The van der Waals surface area contributed by atoms with E-state index in [0.717, 1.165) is 38.3 Å². The minimum absolute atomic E-state index is 0.106. The first-order chi connectivity index (χ1) is 10.0. The fourth-order valence-electron chi connectivity index (χ4n) is 2.37. The van der Waals surface area contributed by atoms with Crippen LogP contribution >= 0.6 is 0 Å². The molecule has 0 atom stereocenters. The highest BCUT2D eigenvalue weighted by molar-refractivity contribution is 6.00. The number of carboxylic acid groups (broad SMARTS) is 1. The van der Waals surface area contributed by atoms with Gasteiger partial charge in [-0.15, -0.1) is 0 Å². The van der Waals surface area contributed by atoms with E-state index in [1.165, 1.54) is 12.1 Å². The molecule has 3 N–H and O–H groups in total. The van der Waals surface area contributed by atoms with Gasteiger partial charge in [0.1, 0.15) is 5.75 Å². The summed E-state index contributed by atoms with van der Waals surface area (Å²) in [5.74, 6) is -0.723. The molecule has 0 radical (unpaired) electrons. The average Bonchev–Trinajstić information content (AvgIpc) is 3.31. The first-order valence-corrected chi connectivity index (χ1v) is 7.18. The molecule has 2 saturated carbocycles. The average molecular weight is 290 g/mol. The summed E-state index contributed by atoms with van der Waals surface area (Å²) in [7, 11) is 0. The number of benzene rings is 1. The molecule has 1 aromatic rings. The van der Waals surface area contributed by atoms with Crippen LogP contribution in [0, 0.1) is 5.92 Å². The van der Waals surface area contributed by atoms with Crippen molar-refractivity contribution < 1.29 is 19.8 Å². The summed E-state index contributed by atoms with van der Waals surface area (Å²) in [6, 6.07) is 3.96. The van der Waals surface area contributed by atoms with Crippen molar-refractivity contribution >= 4 is 17.7 Å². The molecule has 3 rings (SSSR count). The topological polar surface area (TPSA) is 89.9 Å². The third kappa shape index (κ3) is 3.26. The number of amides is 2. The second kappa shape index (κ2) is 5.27. The van der Waals surface area contributed by atoms with Crippen LogP contribution in [0.3, 0.4) is 0 Å². The number of anilines is 1. The summed E-state index contributed by atoms with van der Waals surface area (Å²) in [5.41, 5.74) is 0.109. The van der Waals surface area contributed by atoms with Crippen LogP contribution in [-0.4, -0.2) is 39.7 Å². The van der Waals surface area contributed by atoms with E-state index in [1.54, 1.807) is 0 Å². The largest absolute Gasteiger partial charge is 0.508 e. The Kier molecular flexibility index (Phi) is 3.45. The molecule has 2 aliphatic rings. The molecular formula is C15H18N2O4. The molecule has 0 aromatic heterocycles. The van der Waals surface area contributed by atoms with Crippen LogP contribution < -0.4 is 5.32 Å². The van der Waals surface area contributed by atoms with Crippen LogP contribution in [0.2, 0.25) is 0 Å². The van der Waals surface area contributed by atoms with Gasteiger partial charge in [-0.2, -0.15) is 0 Å². The number of aromatic carboxylic acids is 1. The maximum Gasteiger partial charge on any atom is 0.337 e. The van der Waals surface area contributed by atoms with Gasteiger partial charge < -0.3 is 20.4 Å². The minimum atomic E-state index is -1.18. The van der Waals surface area contributed by atoms with Crippen LogP contribution in [0.1, 0.15) is 36.0 Å². The number of phenolic OH excluding ortho intramolecular Hbond substituents is 1. The zero-order valence-corrected chi connectivity index (χ0v) is 11.6. The van der Waals surface area contributed by atoms with Gasteiger partial charge >= 0.3 is 12.0 Å². The molecule has 6 nitrogen and oxygen atoms in total. The number of urea groups is 1. The number of carbonyl (C=O) groups is 2. The molecular weight excluding hydrogens is 272 g/mol. The zero-order valence-electron chi connectivity index (χ0n) is 11.6. The highest BCUT2D eigenvalue weighted by Gasteiger charge is 2.36. The van der Waals surface area contributed by atoms with E-state index in [0.29, 0.717) is 5.92 Å². The van der Waals surface area contributed by atoms with Crippen molar-refractivity contribution in [3.05, 3.63) is 23.8 Å². The van der Waals surface area contributed by atoms with Crippen molar-refractivity contribution in [1.82, 2.24) is 4.90 Å². The Labute approximate surface area is 122 Å². The Morgan fingerprint density at radius 2 is 1.95 bits per heavy atom. The summed E-state index contributed by atoms with van der Waals surface area (Å²) in [5, 5.41) is 21.2. The third-order valence-corrected chi connectivity index (χ3v) is 3.88. The molecule has 0 saturated heterocycles. The zero-order chi connectivity index (χ0) is 15.0. The molecule has 6 heteroatoms. The summed E-state index contributed by atoms with van der Waals surface area (Å²) in [4.78, 5) is 25.4. The van der Waals surface area contributed by atoms with E-state index >= 15 is 0 Å². The van der Waals surface area contributed by atoms with Gasteiger partial charge in [0.2, 0.25) is 0 Å². The maximum atomic E-state index is 12.4. The highest BCUT2D eigenvalue weighted by Crippen LogP contribution is 2.35. The Bertz CT molecular complexity index is 579. The number of hydrogen-bond acceptors (Lipinski definition) is 3. The van der Waals surface area contributed by atoms with Gasteiger partial charge in [-0.05, 0) is 49.8 Å². The van der Waals surface area contributed by atoms with Gasteiger partial charge in [-0.1, -0.05) is 0 Å². The Morgan fingerprint density at radius 3 is 2.52 bits per heavy atom. The Hall–Kier alpha value is -2.24. The van der Waals surface area contributed by atoms with E-state index in [1.807, 2.05) is 4.90 Å². The summed E-state index contributed by atoms with van der Waals surface area (Å²) in [6.45, 7) is 0.747. The summed E-state index contributed by atoms with van der Waals surface area (Å²) < 4.78 is 0. The van der Waals surface area contributed by atoms with Crippen LogP contribution in [-0.2, 0) is 0 Å². The molecule has 0 heterocycles. The molecule has 0 spiro atoms. The quantitative estimate of drug-likeness (QED) is 0.727. The number of rotatable bonds is 5. The molecule has 2 amide bonds. The first kappa shape index (κ1) is 13.7. The second-order valence-corrected chi connectivity index (χ2v) is 5.79. The number of carboxylic acids is 1. The summed E-state index contributed by atoms with van der Waals surface area (Å²) >= 11 is 0. The number of nitrogens with zero attached hydrogens (tertiary/aromatic N) is 1. The van der Waals surface area contributed by atoms with E-state index in [2.05, 4.69) is 5.32 Å². The van der Waals surface area contributed by atoms with Gasteiger partial charge in [0.05, 0.1) is 11.3 Å². The monoisotopic (exact) mass is 290 g/mol. The lowest BCUT2D eigenvalue weighted by Gasteiger charge is -2.23. The molecule has 1 aromatic carbocycles. The minimum Gasteiger partial charge on any atom is -0.508 e. The van der Waals surface area contributed by atoms with Crippen molar-refractivity contribution in [2.75, 3.05) is 11.9 Å². The van der Waals surface area contributed by atoms with Gasteiger partial charge in [-0.3, -0.25) is 0 Å². The summed E-state index contributed by atoms with van der Waals surface area (Å²) in [6.07, 6.45) is 4.36. The number of nitrogens with one attached hydrogen (secondary N) is 1. The first-order valence-electron chi connectivity index (χ1n) is 7.18. The number of phenols is 1. The van der Waals surface area contributed by atoms with Gasteiger partial charge in [0, 0.05) is 12.6 Å². The Morgan fingerprint density at radius 1 is 1.24 bits per heavy atom. The van der Waals surface area contributed by atoms with E-state index < -0.39 is 5.97 Å². The lowest BCUT2D eigenvalue weighted by molar-refractivity contribution is 0.0697. The van der Waals surface area contributed by atoms with Crippen molar-refractivity contribution in [3.8, 4) is 5.75 Å².